The number of ether oxygens (including phenoxy) is 1. The van der Waals surface area contributed by atoms with E-state index < -0.39 is 5.97 Å². The summed E-state index contributed by atoms with van der Waals surface area (Å²) >= 11 is 3.40. The fraction of sp³-hybridized carbons (Fsp3) is 0.167. The lowest BCUT2D eigenvalue weighted by molar-refractivity contribution is -0.136. The van der Waals surface area contributed by atoms with Crippen molar-refractivity contribution in [1.82, 2.24) is 4.98 Å². The fourth-order valence-electron chi connectivity index (χ4n) is 1.73. The third-order valence-corrected chi connectivity index (χ3v) is 3.06. The van der Waals surface area contributed by atoms with Crippen molar-refractivity contribution in [3.05, 3.63) is 34.4 Å². The highest BCUT2D eigenvalue weighted by Crippen LogP contribution is 2.32. The molecule has 0 saturated heterocycles. The quantitative estimate of drug-likeness (QED) is 0.946. The molecule has 5 heteroatoms. The maximum Gasteiger partial charge on any atom is 0.308 e. The lowest BCUT2D eigenvalue weighted by atomic mass is 10.1. The second-order valence-corrected chi connectivity index (χ2v) is 4.38. The Hall–Kier alpha value is -1.62. The van der Waals surface area contributed by atoms with Crippen LogP contribution in [0.2, 0.25) is 0 Å². The van der Waals surface area contributed by atoms with Gasteiger partial charge in [-0.15, -0.1) is 0 Å². The number of para-hydroxylation sites is 1. The van der Waals surface area contributed by atoms with Crippen LogP contribution in [0.25, 0.3) is 10.9 Å². The highest BCUT2D eigenvalue weighted by atomic mass is 79.9. The molecule has 0 unspecified atom stereocenters. The molecule has 1 aromatic carbocycles. The Kier molecular flexibility index (Phi) is 3.28. The summed E-state index contributed by atoms with van der Waals surface area (Å²) in [7, 11) is 1.53. The minimum Gasteiger partial charge on any atom is -0.496 e. The number of pyridine rings is 1. The van der Waals surface area contributed by atoms with Gasteiger partial charge in [0.15, 0.2) is 0 Å². The number of benzene rings is 1. The van der Waals surface area contributed by atoms with Gasteiger partial charge in [-0.2, -0.15) is 0 Å². The van der Waals surface area contributed by atoms with E-state index in [1.807, 2.05) is 18.2 Å². The van der Waals surface area contributed by atoms with Crippen LogP contribution in [0.15, 0.2) is 28.9 Å². The van der Waals surface area contributed by atoms with Gasteiger partial charge in [0.2, 0.25) is 0 Å². The first kappa shape index (κ1) is 11.9. The molecular weight excluding hydrogens is 286 g/mol. The van der Waals surface area contributed by atoms with Crippen LogP contribution in [-0.2, 0) is 11.2 Å². The van der Waals surface area contributed by atoms with E-state index in [2.05, 4.69) is 20.9 Å². The van der Waals surface area contributed by atoms with Gasteiger partial charge in [-0.3, -0.25) is 9.78 Å². The Balaban J connectivity index is 2.69. The maximum atomic E-state index is 10.7. The first-order chi connectivity index (χ1) is 8.13. The molecule has 1 aromatic heterocycles. The van der Waals surface area contributed by atoms with Gasteiger partial charge in [0.1, 0.15) is 5.75 Å². The van der Waals surface area contributed by atoms with Crippen molar-refractivity contribution in [2.45, 2.75) is 6.42 Å². The Labute approximate surface area is 106 Å². The van der Waals surface area contributed by atoms with Gasteiger partial charge in [0.05, 0.1) is 19.0 Å². The molecule has 4 nitrogen and oxygen atoms in total. The van der Waals surface area contributed by atoms with Crippen LogP contribution in [0.4, 0.5) is 0 Å². The highest BCUT2D eigenvalue weighted by molar-refractivity contribution is 9.10. The summed E-state index contributed by atoms with van der Waals surface area (Å²) in [5, 5.41) is 9.63. The number of hydrogen-bond acceptors (Lipinski definition) is 3. The molecule has 0 spiro atoms. The summed E-state index contributed by atoms with van der Waals surface area (Å²) in [6.45, 7) is 0. The van der Waals surface area contributed by atoms with Crippen molar-refractivity contribution in [3.63, 3.8) is 0 Å². The van der Waals surface area contributed by atoms with Gasteiger partial charge in [0, 0.05) is 21.6 Å². The molecule has 0 aliphatic heterocycles. The van der Waals surface area contributed by atoms with E-state index in [1.54, 1.807) is 6.20 Å². The van der Waals surface area contributed by atoms with E-state index in [1.165, 1.54) is 7.11 Å². The molecule has 0 fully saturated rings. The number of hydrogen-bond donors (Lipinski definition) is 1. The molecule has 17 heavy (non-hydrogen) atoms. The standard InChI is InChI=1S/C12H10BrNO3/c1-17-12-7(5-10(15)16)6-14-11-8(12)3-2-4-9(11)13/h2-4,6H,5H2,1H3,(H,15,16). The van der Waals surface area contributed by atoms with Gasteiger partial charge in [-0.05, 0) is 28.1 Å². The molecular formula is C12H10BrNO3. The number of carboxylic acid groups (broad SMARTS) is 1. The van der Waals surface area contributed by atoms with Crippen LogP contribution in [0.1, 0.15) is 5.56 Å². The number of fused-ring (bicyclic) bond motifs is 1. The molecule has 0 aliphatic rings. The number of nitrogens with zero attached hydrogens (tertiary/aromatic N) is 1. The molecule has 0 amide bonds. The average Bonchev–Trinajstić information content (AvgIpc) is 2.28. The predicted octanol–water partition coefficient (Wildman–Crippen LogP) is 2.63. The number of rotatable bonds is 3. The second-order valence-electron chi connectivity index (χ2n) is 3.52. The summed E-state index contributed by atoms with van der Waals surface area (Å²) in [6, 6.07) is 5.60. The minimum atomic E-state index is -0.903. The summed E-state index contributed by atoms with van der Waals surface area (Å²) < 4.78 is 6.15. The Morgan fingerprint density at radius 1 is 1.53 bits per heavy atom. The van der Waals surface area contributed by atoms with Crippen LogP contribution in [-0.4, -0.2) is 23.2 Å². The number of aromatic nitrogens is 1. The molecule has 0 saturated carbocycles. The smallest absolute Gasteiger partial charge is 0.308 e. The largest absolute Gasteiger partial charge is 0.496 e. The summed E-state index contributed by atoms with van der Waals surface area (Å²) in [5.74, 6) is -0.335. The molecule has 2 aromatic rings. The van der Waals surface area contributed by atoms with Gasteiger partial charge < -0.3 is 9.84 Å². The number of halogens is 1. The zero-order chi connectivity index (χ0) is 12.4. The zero-order valence-corrected chi connectivity index (χ0v) is 10.7. The molecule has 1 N–H and O–H groups in total. The normalized spacial score (nSPS) is 10.5. The first-order valence-corrected chi connectivity index (χ1v) is 5.74. The molecule has 0 aliphatic carbocycles. The number of carbonyl (C=O) groups is 1. The Morgan fingerprint density at radius 2 is 2.29 bits per heavy atom. The van der Waals surface area contributed by atoms with Gasteiger partial charge in [0.25, 0.3) is 0 Å². The van der Waals surface area contributed by atoms with Crippen LogP contribution in [0, 0.1) is 0 Å². The van der Waals surface area contributed by atoms with E-state index in [4.69, 9.17) is 9.84 Å². The van der Waals surface area contributed by atoms with E-state index in [0.717, 1.165) is 15.4 Å². The van der Waals surface area contributed by atoms with Crippen LogP contribution in [0.5, 0.6) is 5.75 Å². The second kappa shape index (κ2) is 4.71. The monoisotopic (exact) mass is 295 g/mol. The van der Waals surface area contributed by atoms with E-state index >= 15 is 0 Å². The van der Waals surface area contributed by atoms with E-state index in [-0.39, 0.29) is 6.42 Å². The van der Waals surface area contributed by atoms with E-state index in [9.17, 15) is 4.79 Å². The van der Waals surface area contributed by atoms with Crippen molar-refractivity contribution < 1.29 is 14.6 Å². The molecule has 0 radical (unpaired) electrons. The van der Waals surface area contributed by atoms with Crippen molar-refractivity contribution in [2.75, 3.05) is 7.11 Å². The minimum absolute atomic E-state index is 0.0986. The SMILES string of the molecule is COc1c(CC(=O)O)cnc2c(Br)cccc12. The van der Waals surface area contributed by atoms with Gasteiger partial charge >= 0.3 is 5.97 Å². The molecule has 0 atom stereocenters. The topological polar surface area (TPSA) is 59.4 Å². The molecule has 88 valence electrons. The van der Waals surface area contributed by atoms with Crippen LogP contribution >= 0.6 is 15.9 Å². The maximum absolute atomic E-state index is 10.7. The molecule has 1 heterocycles. The lowest BCUT2D eigenvalue weighted by Crippen LogP contribution is -2.03. The summed E-state index contributed by atoms with van der Waals surface area (Å²) in [6.07, 6.45) is 1.44. The number of carboxylic acids is 1. The number of methoxy groups -OCH3 is 1. The van der Waals surface area contributed by atoms with E-state index in [0.29, 0.717) is 11.3 Å². The van der Waals surface area contributed by atoms with Crippen molar-refractivity contribution in [3.8, 4) is 5.75 Å². The number of aliphatic carboxylic acids is 1. The molecule has 0 bridgehead atoms. The fourth-order valence-corrected chi connectivity index (χ4v) is 2.20. The van der Waals surface area contributed by atoms with Crippen LogP contribution < -0.4 is 4.74 Å². The van der Waals surface area contributed by atoms with Crippen LogP contribution in [0.3, 0.4) is 0 Å². The predicted molar refractivity (Wildman–Crippen MR) is 67.3 cm³/mol. The van der Waals surface area contributed by atoms with Crippen molar-refractivity contribution in [1.29, 1.82) is 0 Å². The third-order valence-electron chi connectivity index (χ3n) is 2.42. The van der Waals surface area contributed by atoms with Crippen molar-refractivity contribution in [2.24, 2.45) is 0 Å². The highest BCUT2D eigenvalue weighted by Gasteiger charge is 2.13. The zero-order valence-electron chi connectivity index (χ0n) is 9.11. The Morgan fingerprint density at radius 3 is 2.94 bits per heavy atom. The van der Waals surface area contributed by atoms with Gasteiger partial charge in [-0.1, -0.05) is 6.07 Å². The molecule has 2 rings (SSSR count). The summed E-state index contributed by atoms with van der Waals surface area (Å²) in [5.41, 5.74) is 1.34. The summed E-state index contributed by atoms with van der Waals surface area (Å²) in [4.78, 5) is 15.0. The van der Waals surface area contributed by atoms with Crippen molar-refractivity contribution >= 4 is 32.8 Å². The Bertz CT molecular complexity index is 583. The van der Waals surface area contributed by atoms with Gasteiger partial charge in [-0.25, -0.2) is 0 Å². The average molecular weight is 296 g/mol. The lowest BCUT2D eigenvalue weighted by Gasteiger charge is -2.10. The third kappa shape index (κ3) is 2.24. The first-order valence-electron chi connectivity index (χ1n) is 4.95.